The van der Waals surface area contributed by atoms with Gasteiger partial charge in [-0.15, -0.1) is 0 Å². The average Bonchev–Trinajstić information content (AvgIpc) is 2.11. The van der Waals surface area contributed by atoms with Crippen LogP contribution >= 0.6 is 0 Å². The summed E-state index contributed by atoms with van der Waals surface area (Å²) < 4.78 is 31.7. The highest BCUT2D eigenvalue weighted by Gasteiger charge is 2.18. The van der Waals surface area contributed by atoms with E-state index in [-0.39, 0.29) is 4.90 Å². The lowest BCUT2D eigenvalue weighted by Gasteiger charge is -2.16. The molecule has 1 aromatic rings. The molecule has 0 aliphatic rings. The fourth-order valence-corrected chi connectivity index (χ4v) is 3.42. The predicted molar refractivity (Wildman–Crippen MR) is 72.9 cm³/mol. The fraction of sp³-hybridized carbons (Fsp3) is 0.500. The van der Waals surface area contributed by atoms with Gasteiger partial charge < -0.3 is 0 Å². The monoisotopic (exact) mass is 272 g/mol. The molecule has 1 aromatic carbocycles. The molecule has 5 heteroatoms. The summed E-state index contributed by atoms with van der Waals surface area (Å²) in [7, 11) is -5.32. The third-order valence-electron chi connectivity index (χ3n) is 2.64. The van der Waals surface area contributed by atoms with E-state index in [9.17, 15) is 13.0 Å². The van der Waals surface area contributed by atoms with Crippen molar-refractivity contribution in [2.75, 3.05) is 0 Å². The van der Waals surface area contributed by atoms with E-state index < -0.39 is 18.2 Å². The van der Waals surface area contributed by atoms with E-state index in [0.29, 0.717) is 6.42 Å². The maximum absolute atomic E-state index is 11.3. The second-order valence-electron chi connectivity index (χ2n) is 5.65. The number of aryl methyl sites for hydroxylation is 2. The topological polar surface area (TPSA) is 54.4 Å². The third kappa shape index (κ3) is 4.61. The molecule has 0 heterocycles. The van der Waals surface area contributed by atoms with Crippen LogP contribution in [-0.4, -0.2) is 21.0 Å². The smallest absolute Gasteiger partial charge is 0.282 e. The van der Waals surface area contributed by atoms with E-state index in [2.05, 4.69) is 19.6 Å². The Morgan fingerprint density at radius 1 is 1.24 bits per heavy atom. The molecule has 0 amide bonds. The average molecular weight is 272 g/mol. The van der Waals surface area contributed by atoms with Crippen molar-refractivity contribution in [3.8, 4) is 0 Å². The summed E-state index contributed by atoms with van der Waals surface area (Å²) in [6.07, 6.45) is 0.715. The van der Waals surface area contributed by atoms with Gasteiger partial charge in [0.2, 0.25) is 0 Å². The fourth-order valence-electron chi connectivity index (χ4n) is 1.66. The number of benzene rings is 1. The lowest BCUT2D eigenvalue weighted by Crippen LogP contribution is -2.20. The van der Waals surface area contributed by atoms with E-state index in [1.165, 1.54) is 6.07 Å². The van der Waals surface area contributed by atoms with Gasteiger partial charge in [0.05, 0.1) is 4.90 Å². The second kappa shape index (κ2) is 4.92. The summed E-state index contributed by atoms with van der Waals surface area (Å²) in [5, 5.41) is 0. The Hall–Kier alpha value is -0.653. The van der Waals surface area contributed by atoms with Gasteiger partial charge in [0.25, 0.3) is 10.1 Å². The standard InChI is InChI=1S/C12H20O3SSi/c1-10-5-6-12(16(13,14)15)11(9-10)7-8-17(2,3)4/h5-6,9H,7-8H2,1-4H3,(H,13,14,15). The summed E-state index contributed by atoms with van der Waals surface area (Å²) >= 11 is 0. The van der Waals surface area contributed by atoms with Crippen LogP contribution in [0.25, 0.3) is 0 Å². The molecule has 0 aliphatic heterocycles. The molecule has 0 fully saturated rings. The molecule has 0 bridgehead atoms. The van der Waals surface area contributed by atoms with Crippen LogP contribution in [0, 0.1) is 6.92 Å². The van der Waals surface area contributed by atoms with E-state index >= 15 is 0 Å². The molecule has 0 spiro atoms. The molecule has 0 saturated heterocycles. The van der Waals surface area contributed by atoms with E-state index in [1.807, 2.05) is 13.0 Å². The third-order valence-corrected chi connectivity index (χ3v) is 5.34. The summed E-state index contributed by atoms with van der Waals surface area (Å²) in [5.41, 5.74) is 1.75. The largest absolute Gasteiger partial charge is 0.294 e. The molecule has 0 unspecified atom stereocenters. The maximum Gasteiger partial charge on any atom is 0.294 e. The van der Waals surface area contributed by atoms with E-state index in [1.54, 1.807) is 6.07 Å². The van der Waals surface area contributed by atoms with E-state index in [4.69, 9.17) is 0 Å². The highest BCUT2D eigenvalue weighted by molar-refractivity contribution is 7.85. The molecular weight excluding hydrogens is 252 g/mol. The zero-order valence-electron chi connectivity index (χ0n) is 10.8. The summed E-state index contributed by atoms with van der Waals surface area (Å²) in [4.78, 5) is 0.0568. The van der Waals surface area contributed by atoms with Crippen LogP contribution in [0.4, 0.5) is 0 Å². The molecule has 17 heavy (non-hydrogen) atoms. The quantitative estimate of drug-likeness (QED) is 0.677. The van der Waals surface area contributed by atoms with Crippen LogP contribution in [0.2, 0.25) is 25.7 Å². The molecule has 0 saturated carbocycles. The highest BCUT2D eigenvalue weighted by atomic mass is 32.2. The Labute approximate surface area is 105 Å². The highest BCUT2D eigenvalue weighted by Crippen LogP contribution is 2.21. The first-order chi connectivity index (χ1) is 7.59. The Morgan fingerprint density at radius 2 is 1.82 bits per heavy atom. The summed E-state index contributed by atoms with van der Waals surface area (Å²) in [5.74, 6) is 0. The van der Waals surface area contributed by atoms with Crippen LogP contribution in [0.3, 0.4) is 0 Å². The zero-order chi connectivity index (χ0) is 13.3. The number of rotatable bonds is 4. The Bertz CT molecular complexity index is 501. The zero-order valence-corrected chi connectivity index (χ0v) is 12.6. The number of hydrogen-bond donors (Lipinski definition) is 1. The molecular formula is C12H20O3SSi. The molecule has 0 atom stereocenters. The first-order valence-electron chi connectivity index (χ1n) is 5.67. The van der Waals surface area contributed by atoms with Crippen molar-refractivity contribution in [2.24, 2.45) is 0 Å². The van der Waals surface area contributed by atoms with Gasteiger partial charge in [-0.25, -0.2) is 0 Å². The van der Waals surface area contributed by atoms with Crippen LogP contribution in [0.5, 0.6) is 0 Å². The Balaban J connectivity index is 3.09. The lowest BCUT2D eigenvalue weighted by atomic mass is 10.1. The van der Waals surface area contributed by atoms with Gasteiger partial charge in [-0.2, -0.15) is 8.42 Å². The van der Waals surface area contributed by atoms with Crippen LogP contribution in [-0.2, 0) is 16.5 Å². The SMILES string of the molecule is Cc1ccc(S(=O)(=O)O)c(CC[Si](C)(C)C)c1. The molecule has 0 aromatic heterocycles. The summed E-state index contributed by atoms with van der Waals surface area (Å²) in [6, 6.07) is 6.06. The lowest BCUT2D eigenvalue weighted by molar-refractivity contribution is 0.482. The minimum absolute atomic E-state index is 0.0568. The van der Waals surface area contributed by atoms with Crippen LogP contribution in [0.15, 0.2) is 23.1 Å². The van der Waals surface area contributed by atoms with Gasteiger partial charge in [0.15, 0.2) is 0 Å². The van der Waals surface area contributed by atoms with Gasteiger partial charge in [-0.05, 0) is 25.0 Å². The Morgan fingerprint density at radius 3 is 2.29 bits per heavy atom. The Kier molecular flexibility index (Phi) is 4.17. The van der Waals surface area contributed by atoms with Crippen molar-refractivity contribution < 1.29 is 13.0 Å². The van der Waals surface area contributed by atoms with Crippen molar-refractivity contribution in [1.82, 2.24) is 0 Å². The van der Waals surface area contributed by atoms with Gasteiger partial charge in [-0.3, -0.25) is 4.55 Å². The normalized spacial score (nSPS) is 12.8. The van der Waals surface area contributed by atoms with Crippen molar-refractivity contribution >= 4 is 18.2 Å². The van der Waals surface area contributed by atoms with E-state index in [0.717, 1.165) is 17.2 Å². The van der Waals surface area contributed by atoms with Gasteiger partial charge in [0.1, 0.15) is 0 Å². The molecule has 0 aliphatic carbocycles. The summed E-state index contributed by atoms with van der Waals surface area (Å²) in [6.45, 7) is 8.66. The van der Waals surface area contributed by atoms with Crippen molar-refractivity contribution in [2.45, 2.75) is 43.9 Å². The minimum Gasteiger partial charge on any atom is -0.282 e. The first kappa shape index (κ1) is 14.4. The molecule has 1 rings (SSSR count). The van der Waals surface area contributed by atoms with Crippen LogP contribution < -0.4 is 0 Å². The van der Waals surface area contributed by atoms with Gasteiger partial charge in [0, 0.05) is 8.07 Å². The predicted octanol–water partition coefficient (Wildman–Crippen LogP) is 3.12. The number of hydrogen-bond acceptors (Lipinski definition) is 2. The molecule has 96 valence electrons. The van der Waals surface area contributed by atoms with Crippen molar-refractivity contribution in [3.05, 3.63) is 29.3 Å². The van der Waals surface area contributed by atoms with Crippen LogP contribution in [0.1, 0.15) is 11.1 Å². The van der Waals surface area contributed by atoms with Crippen molar-refractivity contribution in [3.63, 3.8) is 0 Å². The van der Waals surface area contributed by atoms with Gasteiger partial charge in [-0.1, -0.05) is 43.4 Å². The first-order valence-corrected chi connectivity index (χ1v) is 10.8. The van der Waals surface area contributed by atoms with Crippen molar-refractivity contribution in [1.29, 1.82) is 0 Å². The minimum atomic E-state index is -4.10. The van der Waals surface area contributed by atoms with Gasteiger partial charge >= 0.3 is 0 Å². The maximum atomic E-state index is 11.3. The molecule has 1 N–H and O–H groups in total. The molecule has 0 radical (unpaired) electrons. The second-order valence-corrected chi connectivity index (χ2v) is 12.7. The molecule has 3 nitrogen and oxygen atoms in total.